The van der Waals surface area contributed by atoms with E-state index in [1.54, 1.807) is 6.33 Å². The van der Waals surface area contributed by atoms with Crippen molar-refractivity contribution in [2.75, 3.05) is 5.32 Å². The van der Waals surface area contributed by atoms with E-state index < -0.39 is 0 Å². The molecule has 1 saturated carbocycles. The number of rotatable bonds is 5. The number of carbonyl (C=O) groups excluding carboxylic acids is 1. The van der Waals surface area contributed by atoms with Crippen molar-refractivity contribution < 1.29 is 4.79 Å². The second kappa shape index (κ2) is 8.86. The van der Waals surface area contributed by atoms with Crippen molar-refractivity contribution in [3.05, 3.63) is 72.1 Å². The first kappa shape index (κ1) is 19.1. The van der Waals surface area contributed by atoms with E-state index in [0.717, 1.165) is 29.8 Å². The average Bonchev–Trinajstić information content (AvgIpc) is 2.75. The molecule has 0 unspecified atom stereocenters. The molecule has 1 fully saturated rings. The van der Waals surface area contributed by atoms with E-state index in [1.807, 2.05) is 30.3 Å². The largest absolute Gasteiger partial charge is 0.349 e. The number of anilines is 2. The molecular weight excluding hydrogens is 360 g/mol. The van der Waals surface area contributed by atoms with Gasteiger partial charge in [-0.05, 0) is 38.0 Å². The van der Waals surface area contributed by atoms with E-state index in [-0.39, 0.29) is 5.91 Å². The highest BCUT2D eigenvalue weighted by Gasteiger charge is 2.16. The zero-order chi connectivity index (χ0) is 20.1. The number of hydrogen-bond donors (Lipinski definition) is 2. The van der Waals surface area contributed by atoms with E-state index >= 15 is 0 Å². The first-order valence-electron chi connectivity index (χ1n) is 10.2. The van der Waals surface area contributed by atoms with Crippen LogP contribution in [-0.4, -0.2) is 21.9 Å². The molecule has 1 aliphatic rings. The van der Waals surface area contributed by atoms with E-state index in [1.165, 1.54) is 24.8 Å². The summed E-state index contributed by atoms with van der Waals surface area (Å²) in [5, 5.41) is 6.46. The molecule has 5 nitrogen and oxygen atoms in total. The normalized spacial score (nSPS) is 14.4. The van der Waals surface area contributed by atoms with E-state index in [0.29, 0.717) is 17.4 Å². The van der Waals surface area contributed by atoms with Crippen LogP contribution in [0.1, 0.15) is 48.0 Å². The summed E-state index contributed by atoms with van der Waals surface area (Å²) < 4.78 is 0. The maximum Gasteiger partial charge on any atom is 0.251 e. The van der Waals surface area contributed by atoms with Gasteiger partial charge in [0, 0.05) is 28.9 Å². The summed E-state index contributed by atoms with van der Waals surface area (Å²) in [4.78, 5) is 21.3. The Hall–Kier alpha value is -3.21. The minimum atomic E-state index is -0.0106. The Balaban J connectivity index is 1.47. The van der Waals surface area contributed by atoms with Gasteiger partial charge in [0.2, 0.25) is 0 Å². The standard InChI is InChI=1S/C24H26N4O/c1-17-10-12-18(13-11-17)22-15-23(26-16-25-22)27-21-9-5-6-19(14-21)24(29)28-20-7-3-2-4-8-20/h5-6,9-16,20H,2-4,7-8H2,1H3,(H,28,29)(H,25,26,27). The zero-order valence-corrected chi connectivity index (χ0v) is 16.7. The molecule has 29 heavy (non-hydrogen) atoms. The summed E-state index contributed by atoms with van der Waals surface area (Å²) in [5.74, 6) is 0.684. The molecule has 1 heterocycles. The van der Waals surface area contributed by atoms with E-state index in [2.05, 4.69) is 51.8 Å². The molecule has 0 aliphatic heterocycles. The van der Waals surface area contributed by atoms with Crippen molar-refractivity contribution in [2.24, 2.45) is 0 Å². The van der Waals surface area contributed by atoms with Gasteiger partial charge in [-0.15, -0.1) is 0 Å². The van der Waals surface area contributed by atoms with Crippen LogP contribution in [0.25, 0.3) is 11.3 Å². The highest BCUT2D eigenvalue weighted by atomic mass is 16.1. The lowest BCUT2D eigenvalue weighted by Crippen LogP contribution is -2.36. The van der Waals surface area contributed by atoms with Gasteiger partial charge in [0.15, 0.2) is 0 Å². The molecule has 0 bridgehead atoms. The quantitative estimate of drug-likeness (QED) is 0.628. The van der Waals surface area contributed by atoms with Crippen molar-refractivity contribution in [3.63, 3.8) is 0 Å². The Morgan fingerprint density at radius 3 is 2.55 bits per heavy atom. The van der Waals surface area contributed by atoms with Gasteiger partial charge in [0.25, 0.3) is 5.91 Å². The van der Waals surface area contributed by atoms with Crippen LogP contribution in [0.3, 0.4) is 0 Å². The lowest BCUT2D eigenvalue weighted by molar-refractivity contribution is 0.0928. The van der Waals surface area contributed by atoms with Crippen molar-refractivity contribution in [1.82, 2.24) is 15.3 Å². The Bertz CT molecular complexity index is 978. The Labute approximate surface area is 171 Å². The Morgan fingerprint density at radius 2 is 1.76 bits per heavy atom. The molecule has 1 aromatic heterocycles. The number of aryl methyl sites for hydroxylation is 1. The fourth-order valence-electron chi connectivity index (χ4n) is 3.71. The van der Waals surface area contributed by atoms with Crippen LogP contribution in [0.2, 0.25) is 0 Å². The fraction of sp³-hybridized carbons (Fsp3) is 0.292. The number of amides is 1. The number of benzene rings is 2. The number of nitrogens with one attached hydrogen (secondary N) is 2. The third-order valence-electron chi connectivity index (χ3n) is 5.35. The van der Waals surface area contributed by atoms with Crippen molar-refractivity contribution in [2.45, 2.75) is 45.1 Å². The van der Waals surface area contributed by atoms with Crippen LogP contribution >= 0.6 is 0 Å². The molecule has 2 aromatic carbocycles. The van der Waals surface area contributed by atoms with Crippen LogP contribution < -0.4 is 10.6 Å². The van der Waals surface area contributed by atoms with Crippen molar-refractivity contribution >= 4 is 17.4 Å². The number of hydrogen-bond acceptors (Lipinski definition) is 4. The van der Waals surface area contributed by atoms with Gasteiger partial charge < -0.3 is 10.6 Å². The van der Waals surface area contributed by atoms with Gasteiger partial charge in [-0.3, -0.25) is 4.79 Å². The first-order chi connectivity index (χ1) is 14.2. The van der Waals surface area contributed by atoms with Gasteiger partial charge in [-0.25, -0.2) is 9.97 Å². The van der Waals surface area contributed by atoms with Gasteiger partial charge in [-0.2, -0.15) is 0 Å². The Morgan fingerprint density at radius 1 is 0.966 bits per heavy atom. The highest BCUT2D eigenvalue weighted by Crippen LogP contribution is 2.22. The van der Waals surface area contributed by atoms with E-state index in [4.69, 9.17) is 0 Å². The summed E-state index contributed by atoms with van der Waals surface area (Å²) in [6, 6.07) is 18.0. The molecule has 1 amide bonds. The Kier molecular flexibility index (Phi) is 5.84. The number of nitrogens with zero attached hydrogens (tertiary/aromatic N) is 2. The van der Waals surface area contributed by atoms with Crippen LogP contribution in [0.5, 0.6) is 0 Å². The molecule has 0 saturated heterocycles. The molecular formula is C24H26N4O. The molecule has 4 rings (SSSR count). The monoisotopic (exact) mass is 386 g/mol. The fourth-order valence-corrected chi connectivity index (χ4v) is 3.71. The molecule has 0 radical (unpaired) electrons. The minimum Gasteiger partial charge on any atom is -0.349 e. The molecule has 3 aromatic rings. The highest BCUT2D eigenvalue weighted by molar-refractivity contribution is 5.95. The van der Waals surface area contributed by atoms with Gasteiger partial charge in [0.05, 0.1) is 5.69 Å². The topological polar surface area (TPSA) is 66.9 Å². The molecule has 2 N–H and O–H groups in total. The first-order valence-corrected chi connectivity index (χ1v) is 10.2. The lowest BCUT2D eigenvalue weighted by atomic mass is 9.95. The predicted molar refractivity (Wildman–Crippen MR) is 116 cm³/mol. The zero-order valence-electron chi connectivity index (χ0n) is 16.7. The molecule has 1 aliphatic carbocycles. The van der Waals surface area contributed by atoms with Crippen LogP contribution in [-0.2, 0) is 0 Å². The number of carbonyl (C=O) groups is 1. The second-order valence-corrected chi connectivity index (χ2v) is 7.67. The summed E-state index contributed by atoms with van der Waals surface area (Å²) in [6.45, 7) is 2.06. The average molecular weight is 386 g/mol. The van der Waals surface area contributed by atoms with Crippen LogP contribution in [0.15, 0.2) is 60.9 Å². The summed E-state index contributed by atoms with van der Waals surface area (Å²) >= 11 is 0. The second-order valence-electron chi connectivity index (χ2n) is 7.67. The smallest absolute Gasteiger partial charge is 0.251 e. The van der Waals surface area contributed by atoms with Gasteiger partial charge >= 0.3 is 0 Å². The van der Waals surface area contributed by atoms with Gasteiger partial charge in [0.1, 0.15) is 12.1 Å². The maximum atomic E-state index is 12.6. The SMILES string of the molecule is Cc1ccc(-c2cc(Nc3cccc(C(=O)NC4CCCCC4)c3)ncn2)cc1. The summed E-state index contributed by atoms with van der Waals surface area (Å²) in [5.41, 5.74) is 4.60. The maximum absolute atomic E-state index is 12.6. The number of aromatic nitrogens is 2. The summed E-state index contributed by atoms with van der Waals surface area (Å²) in [7, 11) is 0. The molecule has 0 spiro atoms. The van der Waals surface area contributed by atoms with Crippen LogP contribution in [0.4, 0.5) is 11.5 Å². The molecule has 148 valence electrons. The van der Waals surface area contributed by atoms with Crippen molar-refractivity contribution in [1.29, 1.82) is 0 Å². The van der Waals surface area contributed by atoms with E-state index in [9.17, 15) is 4.79 Å². The lowest BCUT2D eigenvalue weighted by Gasteiger charge is -2.22. The summed E-state index contributed by atoms with van der Waals surface area (Å²) in [6.07, 6.45) is 7.37. The molecule has 0 atom stereocenters. The van der Waals surface area contributed by atoms with Crippen LogP contribution in [0, 0.1) is 6.92 Å². The van der Waals surface area contributed by atoms with Crippen molar-refractivity contribution in [3.8, 4) is 11.3 Å². The minimum absolute atomic E-state index is 0.0106. The molecule has 5 heteroatoms. The predicted octanol–water partition coefficient (Wildman–Crippen LogP) is 5.26. The third kappa shape index (κ3) is 4.99. The third-order valence-corrected chi connectivity index (χ3v) is 5.35. The van der Waals surface area contributed by atoms with Gasteiger partial charge in [-0.1, -0.05) is 55.2 Å².